The predicted molar refractivity (Wildman–Crippen MR) is 134 cm³/mol. The Balaban J connectivity index is 1.67. The van der Waals surface area contributed by atoms with Crippen LogP contribution in [0.5, 0.6) is 0 Å². The molecular weight excluding hydrogens is 475 g/mol. The Labute approximate surface area is 214 Å². The number of tetrazole rings is 1. The van der Waals surface area contributed by atoms with Crippen LogP contribution in [0.25, 0.3) is 11.4 Å². The van der Waals surface area contributed by atoms with Gasteiger partial charge in [0.25, 0.3) is 5.91 Å². The van der Waals surface area contributed by atoms with E-state index in [1.54, 1.807) is 19.1 Å². The van der Waals surface area contributed by atoms with E-state index in [1.165, 1.54) is 29.2 Å². The molecule has 37 heavy (non-hydrogen) atoms. The number of hydrogen-bond donors (Lipinski definition) is 1. The molecule has 0 aliphatic heterocycles. The van der Waals surface area contributed by atoms with Gasteiger partial charge < -0.3 is 14.6 Å². The quantitative estimate of drug-likeness (QED) is 0.388. The fourth-order valence-electron chi connectivity index (χ4n) is 3.80. The van der Waals surface area contributed by atoms with Gasteiger partial charge in [-0.1, -0.05) is 30.3 Å². The molecular formula is C27H29FN6O3. The first-order valence-corrected chi connectivity index (χ1v) is 11.8. The lowest BCUT2D eigenvalue weighted by Gasteiger charge is -2.32. The first-order chi connectivity index (χ1) is 17.6. The minimum Gasteiger partial charge on any atom is -0.464 e. The maximum atomic E-state index is 13.7. The van der Waals surface area contributed by atoms with E-state index >= 15 is 0 Å². The van der Waals surface area contributed by atoms with Gasteiger partial charge in [0.2, 0.25) is 11.7 Å². The molecule has 1 N–H and O–H groups in total. The van der Waals surface area contributed by atoms with Gasteiger partial charge in [-0.3, -0.25) is 9.59 Å². The molecule has 0 aliphatic rings. The van der Waals surface area contributed by atoms with Gasteiger partial charge in [0.05, 0.1) is 0 Å². The van der Waals surface area contributed by atoms with Crippen LogP contribution in [0.2, 0.25) is 0 Å². The van der Waals surface area contributed by atoms with Gasteiger partial charge in [-0.25, -0.2) is 4.39 Å². The fraction of sp³-hybridized carbons (Fsp3) is 0.296. The summed E-state index contributed by atoms with van der Waals surface area (Å²) >= 11 is 0. The van der Waals surface area contributed by atoms with E-state index in [9.17, 15) is 14.0 Å². The number of aromatic nitrogens is 4. The van der Waals surface area contributed by atoms with Crippen LogP contribution in [0, 0.1) is 12.7 Å². The molecule has 4 rings (SSSR count). The highest BCUT2D eigenvalue weighted by atomic mass is 19.1. The van der Waals surface area contributed by atoms with Gasteiger partial charge in [0.1, 0.15) is 23.9 Å². The predicted octanol–water partition coefficient (Wildman–Crippen LogP) is 4.07. The summed E-state index contributed by atoms with van der Waals surface area (Å²) in [6, 6.07) is 17.5. The molecule has 0 aliphatic carbocycles. The van der Waals surface area contributed by atoms with Crippen LogP contribution >= 0.6 is 0 Å². The van der Waals surface area contributed by atoms with Crippen molar-refractivity contribution in [2.45, 2.75) is 52.4 Å². The van der Waals surface area contributed by atoms with Gasteiger partial charge in [-0.15, -0.1) is 10.2 Å². The van der Waals surface area contributed by atoms with Crippen molar-refractivity contribution in [3.8, 4) is 11.4 Å². The molecule has 2 aromatic heterocycles. The van der Waals surface area contributed by atoms with E-state index in [2.05, 4.69) is 20.7 Å². The van der Waals surface area contributed by atoms with Crippen molar-refractivity contribution in [3.63, 3.8) is 0 Å². The number of rotatable bonds is 8. The molecule has 0 saturated heterocycles. The molecule has 4 aromatic rings. The number of halogens is 1. The van der Waals surface area contributed by atoms with Gasteiger partial charge in [0, 0.05) is 17.6 Å². The highest BCUT2D eigenvalue weighted by Gasteiger charge is 2.36. The summed E-state index contributed by atoms with van der Waals surface area (Å²) in [5.74, 6) is 0.0704. The Hall–Kier alpha value is -4.34. The molecule has 10 heteroatoms. The Kier molecular flexibility index (Phi) is 7.47. The van der Waals surface area contributed by atoms with Crippen LogP contribution in [-0.2, 0) is 22.7 Å². The van der Waals surface area contributed by atoms with E-state index < -0.39 is 17.5 Å². The largest absolute Gasteiger partial charge is 0.464 e. The first-order valence-electron chi connectivity index (χ1n) is 11.8. The van der Waals surface area contributed by atoms with Crippen LogP contribution in [0.4, 0.5) is 4.39 Å². The van der Waals surface area contributed by atoms with Crippen molar-refractivity contribution < 1.29 is 18.4 Å². The summed E-state index contributed by atoms with van der Waals surface area (Å²) in [5, 5.41) is 15.2. The van der Waals surface area contributed by atoms with E-state index in [-0.39, 0.29) is 30.6 Å². The minimum absolute atomic E-state index is 0.154. The monoisotopic (exact) mass is 504 g/mol. The maximum Gasteiger partial charge on any atom is 0.251 e. The Morgan fingerprint density at radius 2 is 1.76 bits per heavy atom. The summed E-state index contributed by atoms with van der Waals surface area (Å²) in [4.78, 5) is 29.9. The number of hydrogen-bond acceptors (Lipinski definition) is 6. The average molecular weight is 505 g/mol. The molecule has 2 amide bonds. The normalized spacial score (nSPS) is 12.2. The van der Waals surface area contributed by atoms with Crippen molar-refractivity contribution in [1.29, 1.82) is 0 Å². The zero-order valence-corrected chi connectivity index (χ0v) is 21.2. The van der Waals surface area contributed by atoms with Gasteiger partial charge >= 0.3 is 0 Å². The van der Waals surface area contributed by atoms with E-state index in [1.807, 2.05) is 51.1 Å². The molecule has 0 fully saturated rings. The van der Waals surface area contributed by atoms with Crippen LogP contribution in [-0.4, -0.2) is 42.5 Å². The molecule has 0 spiro atoms. The second-order valence-electron chi connectivity index (χ2n) is 9.75. The SMILES string of the molecule is Cc1ccc([C@@H](C(=O)NC(C)(C)C)N(Cc2ccccc2)C(=O)Cn2nnc(-c3ccc(F)cc3)n2)o1. The standard InChI is InChI=1S/C27H29FN6O3/c1-18-10-15-22(37-18)24(26(36)29-27(2,3)4)33(16-19-8-6-5-7-9-19)23(35)17-34-31-25(30-32-34)20-11-13-21(28)14-12-20/h5-15,24H,16-17H2,1-4H3,(H,29,36)/t24-/m0/s1. The van der Waals surface area contributed by atoms with E-state index in [0.29, 0.717) is 17.1 Å². The summed E-state index contributed by atoms with van der Waals surface area (Å²) < 4.78 is 19.1. The van der Waals surface area contributed by atoms with Gasteiger partial charge in [-0.2, -0.15) is 4.80 Å². The average Bonchev–Trinajstić information content (AvgIpc) is 3.48. The molecule has 0 bridgehead atoms. The Morgan fingerprint density at radius 3 is 2.38 bits per heavy atom. The number of nitrogens with one attached hydrogen (secondary N) is 1. The zero-order chi connectivity index (χ0) is 26.6. The lowest BCUT2D eigenvalue weighted by atomic mass is 10.1. The molecule has 2 aromatic carbocycles. The van der Waals surface area contributed by atoms with Crippen molar-refractivity contribution in [2.24, 2.45) is 0 Å². The van der Waals surface area contributed by atoms with Crippen molar-refractivity contribution in [3.05, 3.63) is 89.6 Å². The summed E-state index contributed by atoms with van der Waals surface area (Å²) in [6.45, 7) is 7.28. The summed E-state index contributed by atoms with van der Waals surface area (Å²) in [5.41, 5.74) is 0.872. The fourth-order valence-corrected chi connectivity index (χ4v) is 3.80. The molecule has 1 atom stereocenters. The van der Waals surface area contributed by atoms with Crippen LogP contribution in [0.1, 0.15) is 43.9 Å². The number of nitrogens with zero attached hydrogens (tertiary/aromatic N) is 5. The van der Waals surface area contributed by atoms with Gasteiger partial charge in [0.15, 0.2) is 6.04 Å². The lowest BCUT2D eigenvalue weighted by molar-refractivity contribution is -0.143. The molecule has 0 saturated carbocycles. The van der Waals surface area contributed by atoms with Crippen LogP contribution < -0.4 is 5.32 Å². The Morgan fingerprint density at radius 1 is 1.05 bits per heavy atom. The number of amides is 2. The smallest absolute Gasteiger partial charge is 0.251 e. The van der Waals surface area contributed by atoms with Crippen molar-refractivity contribution in [2.75, 3.05) is 0 Å². The zero-order valence-electron chi connectivity index (χ0n) is 21.2. The summed E-state index contributed by atoms with van der Waals surface area (Å²) in [6.07, 6.45) is 0. The van der Waals surface area contributed by atoms with Gasteiger partial charge in [-0.05, 0) is 74.9 Å². The second kappa shape index (κ2) is 10.7. The highest BCUT2D eigenvalue weighted by molar-refractivity contribution is 5.88. The summed E-state index contributed by atoms with van der Waals surface area (Å²) in [7, 11) is 0. The third-order valence-corrected chi connectivity index (χ3v) is 5.44. The maximum absolute atomic E-state index is 13.7. The number of carbonyl (C=O) groups excluding carboxylic acids is 2. The molecule has 0 unspecified atom stereocenters. The molecule has 192 valence electrons. The topological polar surface area (TPSA) is 106 Å². The number of carbonyl (C=O) groups is 2. The third-order valence-electron chi connectivity index (χ3n) is 5.44. The molecule has 9 nitrogen and oxygen atoms in total. The van der Waals surface area contributed by atoms with E-state index in [4.69, 9.17) is 4.42 Å². The van der Waals surface area contributed by atoms with Crippen molar-refractivity contribution in [1.82, 2.24) is 30.4 Å². The van der Waals surface area contributed by atoms with Crippen LogP contribution in [0.15, 0.2) is 71.1 Å². The molecule has 2 heterocycles. The van der Waals surface area contributed by atoms with Crippen molar-refractivity contribution >= 4 is 11.8 Å². The van der Waals surface area contributed by atoms with Crippen LogP contribution in [0.3, 0.4) is 0 Å². The minimum atomic E-state index is -1.03. The second-order valence-corrected chi connectivity index (χ2v) is 9.75. The molecule has 0 radical (unpaired) electrons. The lowest BCUT2D eigenvalue weighted by Crippen LogP contribution is -2.49. The Bertz CT molecular complexity index is 1360. The number of aryl methyl sites for hydroxylation is 1. The first kappa shape index (κ1) is 25.7. The third kappa shape index (κ3) is 6.66. The number of furan rings is 1. The van der Waals surface area contributed by atoms with E-state index in [0.717, 1.165) is 10.4 Å². The number of benzene rings is 2. The highest BCUT2D eigenvalue weighted by Crippen LogP contribution is 2.27.